The molecule has 138 valence electrons. The van der Waals surface area contributed by atoms with Gasteiger partial charge in [-0.25, -0.2) is 4.79 Å². The molecular formula is C21H20N2O3S. The van der Waals surface area contributed by atoms with Crippen molar-refractivity contribution >= 4 is 28.2 Å². The van der Waals surface area contributed by atoms with E-state index < -0.39 is 5.97 Å². The minimum atomic E-state index is -0.454. The summed E-state index contributed by atoms with van der Waals surface area (Å²) in [5, 5.41) is 5.15. The fourth-order valence-electron chi connectivity index (χ4n) is 2.62. The maximum atomic E-state index is 12.8. The Balaban J connectivity index is 2.01. The summed E-state index contributed by atoms with van der Waals surface area (Å²) in [5.74, 6) is -0.774. The lowest BCUT2D eigenvalue weighted by molar-refractivity contribution is 0.0380. The molecule has 0 bridgehead atoms. The van der Waals surface area contributed by atoms with Crippen LogP contribution in [0.15, 0.2) is 54.2 Å². The molecule has 1 amide bonds. The molecule has 0 atom stereocenters. The Morgan fingerprint density at radius 3 is 2.67 bits per heavy atom. The first-order valence-electron chi connectivity index (χ1n) is 8.56. The van der Waals surface area contributed by atoms with Crippen LogP contribution in [0.25, 0.3) is 11.1 Å². The molecule has 0 saturated carbocycles. The number of ether oxygens (including phenoxy) is 1. The number of thiophene rings is 1. The molecule has 3 rings (SSSR count). The number of hydrogen-bond donors (Lipinski definition) is 1. The summed E-state index contributed by atoms with van der Waals surface area (Å²) in [5.41, 5.74) is 3.53. The zero-order valence-electron chi connectivity index (χ0n) is 15.4. The van der Waals surface area contributed by atoms with E-state index in [2.05, 4.69) is 10.3 Å². The molecule has 5 nitrogen and oxygen atoms in total. The average molecular weight is 380 g/mol. The van der Waals surface area contributed by atoms with Gasteiger partial charge < -0.3 is 10.1 Å². The van der Waals surface area contributed by atoms with Crippen molar-refractivity contribution in [2.24, 2.45) is 0 Å². The Hall–Kier alpha value is -2.99. The third-order valence-electron chi connectivity index (χ3n) is 3.82. The van der Waals surface area contributed by atoms with Crippen molar-refractivity contribution in [3.05, 3.63) is 70.9 Å². The number of anilines is 1. The van der Waals surface area contributed by atoms with Crippen LogP contribution in [0.5, 0.6) is 0 Å². The Labute approximate surface area is 162 Å². The van der Waals surface area contributed by atoms with E-state index in [1.165, 1.54) is 17.5 Å². The highest BCUT2D eigenvalue weighted by atomic mass is 32.1. The predicted molar refractivity (Wildman–Crippen MR) is 107 cm³/mol. The highest BCUT2D eigenvalue weighted by Crippen LogP contribution is 2.37. The molecule has 2 aromatic heterocycles. The SMILES string of the molecule is Cc1cccc(-c2csc(NC(=O)c3cccnc3)c2C(=O)OC(C)C)c1. The largest absolute Gasteiger partial charge is 0.459 e. The van der Waals surface area contributed by atoms with Gasteiger partial charge in [-0.1, -0.05) is 29.8 Å². The first kappa shape index (κ1) is 18.8. The Morgan fingerprint density at radius 2 is 2.00 bits per heavy atom. The second kappa shape index (κ2) is 8.14. The number of aromatic nitrogens is 1. The summed E-state index contributed by atoms with van der Waals surface area (Å²) in [6.45, 7) is 5.59. The quantitative estimate of drug-likeness (QED) is 0.637. The second-order valence-corrected chi connectivity index (χ2v) is 7.25. The Kier molecular flexibility index (Phi) is 5.66. The van der Waals surface area contributed by atoms with Crippen molar-refractivity contribution in [3.8, 4) is 11.1 Å². The summed E-state index contributed by atoms with van der Waals surface area (Å²) in [4.78, 5) is 29.2. The van der Waals surface area contributed by atoms with Crippen LogP contribution in [0.4, 0.5) is 5.00 Å². The monoisotopic (exact) mass is 380 g/mol. The lowest BCUT2D eigenvalue weighted by atomic mass is 10.0. The van der Waals surface area contributed by atoms with Crippen LogP contribution in [0, 0.1) is 6.92 Å². The van der Waals surface area contributed by atoms with Crippen molar-refractivity contribution < 1.29 is 14.3 Å². The average Bonchev–Trinajstić information content (AvgIpc) is 3.05. The molecule has 0 spiro atoms. The van der Waals surface area contributed by atoms with Gasteiger partial charge in [0.2, 0.25) is 0 Å². The van der Waals surface area contributed by atoms with E-state index >= 15 is 0 Å². The number of aryl methyl sites for hydroxylation is 1. The zero-order chi connectivity index (χ0) is 19.4. The highest BCUT2D eigenvalue weighted by molar-refractivity contribution is 7.15. The van der Waals surface area contributed by atoms with Crippen molar-refractivity contribution in [1.29, 1.82) is 0 Å². The number of pyridine rings is 1. The minimum Gasteiger partial charge on any atom is -0.459 e. The molecule has 1 aromatic carbocycles. The molecule has 27 heavy (non-hydrogen) atoms. The molecule has 0 aliphatic heterocycles. The molecule has 1 N–H and O–H groups in total. The predicted octanol–water partition coefficient (Wildman–Crippen LogP) is 4.94. The fourth-order valence-corrected chi connectivity index (χ4v) is 3.58. The maximum absolute atomic E-state index is 12.8. The van der Waals surface area contributed by atoms with E-state index in [1.54, 1.807) is 32.2 Å². The van der Waals surface area contributed by atoms with Gasteiger partial charge in [-0.2, -0.15) is 0 Å². The van der Waals surface area contributed by atoms with Crippen LogP contribution in [0.1, 0.15) is 40.1 Å². The van der Waals surface area contributed by atoms with Crippen LogP contribution in [-0.2, 0) is 4.74 Å². The first-order chi connectivity index (χ1) is 13.0. The van der Waals surface area contributed by atoms with Gasteiger partial charge in [-0.3, -0.25) is 9.78 Å². The van der Waals surface area contributed by atoms with Crippen LogP contribution < -0.4 is 5.32 Å². The van der Waals surface area contributed by atoms with Gasteiger partial charge in [0.15, 0.2) is 0 Å². The summed E-state index contributed by atoms with van der Waals surface area (Å²) in [6, 6.07) is 11.2. The lowest BCUT2D eigenvalue weighted by Crippen LogP contribution is -2.16. The third-order valence-corrected chi connectivity index (χ3v) is 4.71. The molecule has 0 aliphatic carbocycles. The third kappa shape index (κ3) is 4.41. The molecule has 0 saturated heterocycles. The fraction of sp³-hybridized carbons (Fsp3) is 0.190. The van der Waals surface area contributed by atoms with E-state index in [1.807, 2.05) is 36.6 Å². The second-order valence-electron chi connectivity index (χ2n) is 6.37. The summed E-state index contributed by atoms with van der Waals surface area (Å²) in [6.07, 6.45) is 2.82. The smallest absolute Gasteiger partial charge is 0.342 e. The molecule has 3 aromatic rings. The Morgan fingerprint density at radius 1 is 1.19 bits per heavy atom. The molecule has 0 fully saturated rings. The van der Waals surface area contributed by atoms with Crippen LogP contribution in [0.3, 0.4) is 0 Å². The van der Waals surface area contributed by atoms with Gasteiger partial charge in [-0.05, 0) is 38.5 Å². The van der Waals surface area contributed by atoms with Crippen molar-refractivity contribution in [2.75, 3.05) is 5.32 Å². The lowest BCUT2D eigenvalue weighted by Gasteiger charge is -2.12. The van der Waals surface area contributed by atoms with E-state index in [-0.39, 0.29) is 12.0 Å². The van der Waals surface area contributed by atoms with Crippen molar-refractivity contribution in [1.82, 2.24) is 4.98 Å². The minimum absolute atomic E-state index is 0.260. The number of carbonyl (C=O) groups excluding carboxylic acids is 2. The first-order valence-corrected chi connectivity index (χ1v) is 9.44. The number of hydrogen-bond acceptors (Lipinski definition) is 5. The highest BCUT2D eigenvalue weighted by Gasteiger charge is 2.24. The van der Waals surface area contributed by atoms with E-state index in [0.717, 1.165) is 16.7 Å². The topological polar surface area (TPSA) is 68.3 Å². The number of esters is 1. The van der Waals surface area contributed by atoms with Gasteiger partial charge in [-0.15, -0.1) is 11.3 Å². The van der Waals surface area contributed by atoms with Gasteiger partial charge in [0, 0.05) is 23.3 Å². The number of carbonyl (C=O) groups is 2. The van der Waals surface area contributed by atoms with Gasteiger partial charge in [0.1, 0.15) is 10.6 Å². The van der Waals surface area contributed by atoms with Crippen LogP contribution in [-0.4, -0.2) is 23.0 Å². The van der Waals surface area contributed by atoms with Crippen LogP contribution in [0.2, 0.25) is 0 Å². The molecule has 0 radical (unpaired) electrons. The van der Waals surface area contributed by atoms with E-state index in [0.29, 0.717) is 16.1 Å². The normalized spacial score (nSPS) is 10.7. The van der Waals surface area contributed by atoms with Gasteiger partial charge in [0.05, 0.1) is 11.7 Å². The summed E-state index contributed by atoms with van der Waals surface area (Å²) < 4.78 is 5.42. The molecule has 0 aliphatic rings. The number of amides is 1. The van der Waals surface area contributed by atoms with Gasteiger partial charge in [0.25, 0.3) is 5.91 Å². The van der Waals surface area contributed by atoms with Crippen molar-refractivity contribution in [3.63, 3.8) is 0 Å². The number of nitrogens with zero attached hydrogens (tertiary/aromatic N) is 1. The molecule has 6 heteroatoms. The van der Waals surface area contributed by atoms with Crippen LogP contribution >= 0.6 is 11.3 Å². The number of nitrogens with one attached hydrogen (secondary N) is 1. The summed E-state index contributed by atoms with van der Waals surface area (Å²) >= 11 is 1.30. The number of benzene rings is 1. The maximum Gasteiger partial charge on any atom is 0.342 e. The molecule has 2 heterocycles. The summed E-state index contributed by atoms with van der Waals surface area (Å²) in [7, 11) is 0. The standard InChI is InChI=1S/C21H20N2O3S/c1-13(2)26-21(25)18-17(15-7-4-6-14(3)10-15)12-27-20(18)23-19(24)16-8-5-9-22-11-16/h4-13H,1-3H3,(H,23,24). The Bertz CT molecular complexity index is 965. The van der Waals surface area contributed by atoms with E-state index in [4.69, 9.17) is 4.74 Å². The molecule has 0 unspecified atom stereocenters. The van der Waals surface area contributed by atoms with Gasteiger partial charge >= 0.3 is 5.97 Å². The zero-order valence-corrected chi connectivity index (χ0v) is 16.2. The van der Waals surface area contributed by atoms with E-state index in [9.17, 15) is 9.59 Å². The number of rotatable bonds is 5. The molecular weight excluding hydrogens is 360 g/mol. The van der Waals surface area contributed by atoms with Crippen molar-refractivity contribution in [2.45, 2.75) is 26.9 Å².